The fourth-order valence-electron chi connectivity index (χ4n) is 4.58. The Morgan fingerprint density at radius 3 is 2.46 bits per heavy atom. The molecular weight excluding hydrogens is 551 g/mol. The zero-order chi connectivity index (χ0) is 29.9. The number of thioether (sulfide) groups is 1. The van der Waals surface area contributed by atoms with Crippen LogP contribution in [0.25, 0.3) is 22.3 Å². The van der Waals surface area contributed by atoms with Gasteiger partial charge in [-0.3, -0.25) is 9.69 Å². The fourth-order valence-corrected chi connectivity index (χ4v) is 5.73. The van der Waals surface area contributed by atoms with Crippen LogP contribution in [0.3, 0.4) is 0 Å². The van der Waals surface area contributed by atoms with Gasteiger partial charge in [0, 0.05) is 42.6 Å². The monoisotopic (exact) mass is 586 g/mol. The number of fused-ring (bicyclic) bond motifs is 1. The van der Waals surface area contributed by atoms with E-state index in [4.69, 9.17) is 10.8 Å². The minimum absolute atomic E-state index is 0.0399. The number of aromatic hydroxyl groups is 1. The molecule has 0 fully saturated rings. The summed E-state index contributed by atoms with van der Waals surface area (Å²) in [6, 6.07) is 3.06. The second-order valence-corrected chi connectivity index (χ2v) is 11.7. The molecule has 0 amide bonds. The molecule has 0 aliphatic heterocycles. The van der Waals surface area contributed by atoms with E-state index in [2.05, 4.69) is 15.1 Å². The Hall–Kier alpha value is -3.59. The summed E-state index contributed by atoms with van der Waals surface area (Å²) in [5.41, 5.74) is 6.94. The van der Waals surface area contributed by atoms with Crippen LogP contribution in [0.4, 0.5) is 10.2 Å². The lowest BCUT2D eigenvalue weighted by molar-refractivity contribution is 0.167. The van der Waals surface area contributed by atoms with E-state index in [0.29, 0.717) is 52.4 Å². The van der Waals surface area contributed by atoms with Gasteiger partial charge in [-0.05, 0) is 39.8 Å². The average Bonchev–Trinajstić information content (AvgIpc) is 3.29. The van der Waals surface area contributed by atoms with Gasteiger partial charge in [-0.15, -0.1) is 11.8 Å². The SMILES string of the molecule is C[C@@H](c1cnn(C(C)(C)C)c(=O)c1SCCN(CCO)CCO)n1nc(-c2cc(O)cc(F)c2)c2c(N)ncnc21. The van der Waals surface area contributed by atoms with Gasteiger partial charge < -0.3 is 21.1 Å². The number of nitrogen functional groups attached to an aromatic ring is 1. The zero-order valence-corrected chi connectivity index (χ0v) is 24.3. The predicted molar refractivity (Wildman–Crippen MR) is 155 cm³/mol. The lowest BCUT2D eigenvalue weighted by Gasteiger charge is -2.24. The number of benzene rings is 1. The molecule has 3 aromatic heterocycles. The number of aliphatic hydroxyl groups is 2. The van der Waals surface area contributed by atoms with Gasteiger partial charge in [-0.1, -0.05) is 0 Å². The molecule has 0 aliphatic rings. The Balaban J connectivity index is 1.82. The molecule has 4 rings (SSSR count). The van der Waals surface area contributed by atoms with Crippen LogP contribution in [-0.4, -0.2) is 88.3 Å². The van der Waals surface area contributed by atoms with Crippen molar-refractivity contribution in [2.75, 3.05) is 44.3 Å². The summed E-state index contributed by atoms with van der Waals surface area (Å²) in [4.78, 5) is 24.6. The van der Waals surface area contributed by atoms with Gasteiger partial charge in [-0.2, -0.15) is 10.2 Å². The number of nitrogens with two attached hydrogens (primary N) is 1. The van der Waals surface area contributed by atoms with E-state index >= 15 is 0 Å². The van der Waals surface area contributed by atoms with Gasteiger partial charge in [0.2, 0.25) is 0 Å². The summed E-state index contributed by atoms with van der Waals surface area (Å²) in [6.07, 6.45) is 2.95. The topological polar surface area (TPSA) is 168 Å². The average molecular weight is 587 g/mol. The van der Waals surface area contributed by atoms with Crippen molar-refractivity contribution in [1.29, 1.82) is 0 Å². The number of nitrogens with zero attached hydrogens (tertiary/aromatic N) is 7. The van der Waals surface area contributed by atoms with E-state index in [1.54, 1.807) is 10.9 Å². The van der Waals surface area contributed by atoms with Gasteiger partial charge in [0.15, 0.2) is 5.65 Å². The summed E-state index contributed by atoms with van der Waals surface area (Å²) in [5.74, 6) is -0.255. The highest BCUT2D eigenvalue weighted by Crippen LogP contribution is 2.36. The third-order valence-electron chi connectivity index (χ3n) is 6.57. The zero-order valence-electron chi connectivity index (χ0n) is 23.5. The van der Waals surface area contributed by atoms with Crippen molar-refractivity contribution >= 4 is 28.6 Å². The molecule has 0 saturated heterocycles. The Kier molecular flexibility index (Phi) is 9.27. The predicted octanol–water partition coefficient (Wildman–Crippen LogP) is 2.22. The Morgan fingerprint density at radius 1 is 1.12 bits per heavy atom. The second-order valence-electron chi connectivity index (χ2n) is 10.6. The summed E-state index contributed by atoms with van der Waals surface area (Å²) in [6.45, 7) is 8.81. The number of aliphatic hydroxyl groups excluding tert-OH is 2. The molecule has 1 aromatic carbocycles. The number of phenols is 1. The number of rotatable bonds is 11. The highest BCUT2D eigenvalue weighted by molar-refractivity contribution is 7.99. The number of hydrogen-bond acceptors (Lipinski definition) is 11. The molecule has 41 heavy (non-hydrogen) atoms. The number of anilines is 1. The van der Waals surface area contributed by atoms with E-state index in [1.807, 2.05) is 32.6 Å². The van der Waals surface area contributed by atoms with Gasteiger partial charge >= 0.3 is 0 Å². The molecule has 14 heteroatoms. The van der Waals surface area contributed by atoms with Crippen molar-refractivity contribution in [3.8, 4) is 17.0 Å². The Bertz CT molecular complexity index is 1560. The molecule has 1 atom stereocenters. The summed E-state index contributed by atoms with van der Waals surface area (Å²) in [7, 11) is 0. The quantitative estimate of drug-likeness (QED) is 0.190. The molecule has 0 aliphatic carbocycles. The van der Waals surface area contributed by atoms with Crippen molar-refractivity contribution in [1.82, 2.24) is 34.4 Å². The third kappa shape index (κ3) is 6.50. The van der Waals surface area contributed by atoms with Gasteiger partial charge in [0.05, 0.1) is 41.3 Å². The fraction of sp³-hybridized carbons (Fsp3) is 0.444. The molecule has 0 spiro atoms. The maximum atomic E-state index is 14.2. The molecule has 0 unspecified atom stereocenters. The Morgan fingerprint density at radius 2 is 1.83 bits per heavy atom. The van der Waals surface area contributed by atoms with Crippen molar-refractivity contribution in [3.63, 3.8) is 0 Å². The summed E-state index contributed by atoms with van der Waals surface area (Å²) >= 11 is 1.36. The second kappa shape index (κ2) is 12.5. The van der Waals surface area contributed by atoms with Gasteiger partial charge in [0.25, 0.3) is 5.56 Å². The van der Waals surface area contributed by atoms with Crippen molar-refractivity contribution < 1.29 is 19.7 Å². The van der Waals surface area contributed by atoms with Crippen LogP contribution >= 0.6 is 11.8 Å². The normalized spacial score (nSPS) is 12.9. The molecule has 0 saturated carbocycles. The van der Waals surface area contributed by atoms with E-state index < -0.39 is 17.4 Å². The molecule has 220 valence electrons. The molecular formula is C27H35FN8O4S. The van der Waals surface area contributed by atoms with Crippen LogP contribution in [0.1, 0.15) is 39.3 Å². The maximum absolute atomic E-state index is 14.2. The van der Waals surface area contributed by atoms with E-state index in [0.717, 1.165) is 6.07 Å². The first-order valence-corrected chi connectivity index (χ1v) is 14.1. The summed E-state index contributed by atoms with van der Waals surface area (Å²) in [5, 5.41) is 38.3. The largest absolute Gasteiger partial charge is 0.508 e. The number of halogens is 1. The minimum atomic E-state index is -0.642. The first kappa shape index (κ1) is 30.4. The highest BCUT2D eigenvalue weighted by atomic mass is 32.2. The lowest BCUT2D eigenvalue weighted by Crippen LogP contribution is -2.38. The highest BCUT2D eigenvalue weighted by Gasteiger charge is 2.27. The van der Waals surface area contributed by atoms with Crippen LogP contribution in [0.5, 0.6) is 5.75 Å². The van der Waals surface area contributed by atoms with Crippen LogP contribution < -0.4 is 11.3 Å². The van der Waals surface area contributed by atoms with Crippen LogP contribution in [0, 0.1) is 5.82 Å². The van der Waals surface area contributed by atoms with Crippen LogP contribution in [-0.2, 0) is 5.54 Å². The first-order valence-electron chi connectivity index (χ1n) is 13.1. The number of phenolic OH excluding ortho intramolecular Hbond substituents is 1. The number of hydrogen-bond donors (Lipinski definition) is 4. The standard InChI is InChI=1S/C27H35FN8O4S/c1-16(35-25-21(24(29)30-15-31-25)22(33-35)17-11-18(28)13-19(39)12-17)20-14-32-36(27(2,3)4)26(40)23(20)41-10-7-34(5-8-37)6-9-38/h11-16,37-39H,5-10H2,1-4H3,(H2,29,30,31)/t16-/m0/s1. The van der Waals surface area contributed by atoms with Crippen LogP contribution in [0.15, 0.2) is 40.4 Å². The maximum Gasteiger partial charge on any atom is 0.281 e. The van der Waals surface area contributed by atoms with Gasteiger partial charge in [-0.25, -0.2) is 23.7 Å². The molecule has 0 radical (unpaired) electrons. The molecule has 5 N–H and O–H groups in total. The molecule has 4 aromatic rings. The smallest absolute Gasteiger partial charge is 0.281 e. The molecule has 0 bridgehead atoms. The first-order chi connectivity index (χ1) is 19.5. The lowest BCUT2D eigenvalue weighted by atomic mass is 10.1. The minimum Gasteiger partial charge on any atom is -0.508 e. The van der Waals surface area contributed by atoms with Crippen LogP contribution in [0.2, 0.25) is 0 Å². The van der Waals surface area contributed by atoms with E-state index in [1.165, 1.54) is 34.9 Å². The van der Waals surface area contributed by atoms with Crippen molar-refractivity contribution in [3.05, 3.63) is 52.5 Å². The van der Waals surface area contributed by atoms with Crippen molar-refractivity contribution in [2.45, 2.75) is 44.2 Å². The molecule has 12 nitrogen and oxygen atoms in total. The van der Waals surface area contributed by atoms with Gasteiger partial charge in [0.1, 0.15) is 29.4 Å². The van der Waals surface area contributed by atoms with Crippen molar-refractivity contribution in [2.24, 2.45) is 0 Å². The Labute approximate surface area is 240 Å². The third-order valence-corrected chi connectivity index (χ3v) is 7.66. The van der Waals surface area contributed by atoms with E-state index in [9.17, 15) is 24.5 Å². The van der Waals surface area contributed by atoms with E-state index in [-0.39, 0.29) is 36.0 Å². The number of aromatic nitrogens is 6. The summed E-state index contributed by atoms with van der Waals surface area (Å²) < 4.78 is 17.2. The molecule has 3 heterocycles.